The summed E-state index contributed by atoms with van der Waals surface area (Å²) in [4.78, 5) is 4.57. The summed E-state index contributed by atoms with van der Waals surface area (Å²) in [5.74, 6) is 0.584. The molecule has 0 saturated carbocycles. The molecule has 1 fully saturated rings. The van der Waals surface area contributed by atoms with Gasteiger partial charge in [0.1, 0.15) is 0 Å². The molecule has 1 aromatic heterocycles. The fraction of sp³-hybridized carbons (Fsp3) is 0.462. The lowest BCUT2D eigenvalue weighted by atomic mass is 10.0. The quantitative estimate of drug-likeness (QED) is 0.930. The molecule has 2 aromatic rings. The van der Waals surface area contributed by atoms with Gasteiger partial charge in [0, 0.05) is 23.6 Å². The second-order valence-corrected chi connectivity index (χ2v) is 6.15. The average molecular weight is 283 g/mol. The summed E-state index contributed by atoms with van der Waals surface area (Å²) < 4.78 is 6.58. The first-order valence-electron chi connectivity index (χ1n) is 6.13. The number of nitrogens with one attached hydrogen (secondary N) is 1. The molecule has 1 aliphatic rings. The van der Waals surface area contributed by atoms with Gasteiger partial charge in [-0.05, 0) is 31.5 Å². The van der Waals surface area contributed by atoms with Crippen molar-refractivity contribution in [1.29, 1.82) is 0 Å². The molecule has 0 radical (unpaired) electrons. The van der Waals surface area contributed by atoms with Gasteiger partial charge in [-0.15, -0.1) is 0 Å². The highest BCUT2D eigenvalue weighted by Gasteiger charge is 2.22. The Bertz CT molecular complexity index is 551. The van der Waals surface area contributed by atoms with E-state index in [4.69, 9.17) is 16.3 Å². The van der Waals surface area contributed by atoms with Crippen LogP contribution in [0.4, 0.5) is 5.13 Å². The maximum Gasteiger partial charge on any atom is 0.184 e. The Kier molecular flexibility index (Phi) is 3.41. The molecule has 1 aromatic carbocycles. The zero-order valence-corrected chi connectivity index (χ0v) is 11.7. The zero-order chi connectivity index (χ0) is 12.5. The van der Waals surface area contributed by atoms with Gasteiger partial charge in [-0.2, -0.15) is 0 Å². The second kappa shape index (κ2) is 5.03. The minimum atomic E-state index is 0.392. The molecule has 0 aliphatic carbocycles. The van der Waals surface area contributed by atoms with Crippen molar-refractivity contribution in [2.75, 3.05) is 18.5 Å². The number of halogens is 1. The number of ether oxygens (including phenoxy) is 1. The van der Waals surface area contributed by atoms with Crippen molar-refractivity contribution in [3.8, 4) is 0 Å². The van der Waals surface area contributed by atoms with Crippen LogP contribution in [-0.2, 0) is 4.74 Å². The number of hydrogen-bond donors (Lipinski definition) is 1. The Labute approximate surface area is 115 Å². The van der Waals surface area contributed by atoms with Gasteiger partial charge in [0.15, 0.2) is 5.13 Å². The normalized spacial score (nSPS) is 21.3. The Morgan fingerprint density at radius 3 is 3.22 bits per heavy atom. The number of nitrogens with zero attached hydrogens (tertiary/aromatic N) is 1. The van der Waals surface area contributed by atoms with Crippen LogP contribution in [0.5, 0.6) is 0 Å². The topological polar surface area (TPSA) is 34.2 Å². The first kappa shape index (κ1) is 12.2. The third kappa shape index (κ3) is 2.46. The van der Waals surface area contributed by atoms with Gasteiger partial charge in [0.25, 0.3) is 0 Å². The van der Waals surface area contributed by atoms with Gasteiger partial charge in [0.2, 0.25) is 0 Å². The van der Waals surface area contributed by atoms with Crippen LogP contribution in [0.3, 0.4) is 0 Å². The van der Waals surface area contributed by atoms with Crippen molar-refractivity contribution in [3.05, 3.63) is 23.2 Å². The molecule has 3 nitrogen and oxygen atoms in total. The first-order chi connectivity index (χ1) is 8.72. The van der Waals surface area contributed by atoms with E-state index in [0.717, 1.165) is 40.0 Å². The number of aromatic nitrogens is 1. The van der Waals surface area contributed by atoms with E-state index in [0.29, 0.717) is 12.0 Å². The van der Waals surface area contributed by atoms with E-state index in [1.807, 2.05) is 18.2 Å². The molecule has 0 amide bonds. The molecule has 0 bridgehead atoms. The van der Waals surface area contributed by atoms with E-state index < -0.39 is 0 Å². The number of thiazole rings is 1. The summed E-state index contributed by atoms with van der Waals surface area (Å²) in [7, 11) is 0. The van der Waals surface area contributed by atoms with Gasteiger partial charge >= 0.3 is 0 Å². The Balaban J connectivity index is 1.77. The molecular formula is C13H15ClN2OS. The van der Waals surface area contributed by atoms with Crippen LogP contribution in [0.1, 0.15) is 13.3 Å². The van der Waals surface area contributed by atoms with E-state index in [-0.39, 0.29) is 0 Å². The summed E-state index contributed by atoms with van der Waals surface area (Å²) in [6.07, 6.45) is 1.13. The van der Waals surface area contributed by atoms with E-state index >= 15 is 0 Å². The third-order valence-electron chi connectivity index (χ3n) is 3.37. The van der Waals surface area contributed by atoms with Crippen LogP contribution in [-0.4, -0.2) is 24.2 Å². The molecule has 2 unspecified atom stereocenters. The molecule has 0 spiro atoms. The van der Waals surface area contributed by atoms with Crippen LogP contribution < -0.4 is 5.32 Å². The monoisotopic (exact) mass is 282 g/mol. The molecule has 1 aliphatic heterocycles. The van der Waals surface area contributed by atoms with Gasteiger partial charge in [-0.25, -0.2) is 4.98 Å². The smallest absolute Gasteiger partial charge is 0.184 e. The van der Waals surface area contributed by atoms with Gasteiger partial charge in [-0.3, -0.25) is 0 Å². The predicted molar refractivity (Wildman–Crippen MR) is 76.6 cm³/mol. The summed E-state index contributed by atoms with van der Waals surface area (Å²) >= 11 is 7.64. The highest BCUT2D eigenvalue weighted by molar-refractivity contribution is 7.22. The second-order valence-electron chi connectivity index (χ2n) is 4.69. The Morgan fingerprint density at radius 1 is 1.56 bits per heavy atom. The molecule has 2 atom stereocenters. The Morgan fingerprint density at radius 2 is 2.44 bits per heavy atom. The molecule has 3 rings (SSSR count). The number of anilines is 1. The standard InChI is InChI=1S/C13H15ClN2OS/c1-8(9-4-5-17-7-9)15-13-16-11-6-10(14)2-3-12(11)18-13/h2-3,6,8-9H,4-5,7H2,1H3,(H,15,16). The minimum Gasteiger partial charge on any atom is -0.381 e. The van der Waals surface area contributed by atoms with Crippen LogP contribution in [0.25, 0.3) is 10.2 Å². The summed E-state index contributed by atoms with van der Waals surface area (Å²) in [5.41, 5.74) is 0.963. The van der Waals surface area contributed by atoms with Gasteiger partial charge in [0.05, 0.1) is 16.8 Å². The molecule has 2 heterocycles. The molecular weight excluding hydrogens is 268 g/mol. The fourth-order valence-electron chi connectivity index (χ4n) is 2.22. The van der Waals surface area contributed by atoms with E-state index in [1.54, 1.807) is 11.3 Å². The average Bonchev–Trinajstić information content (AvgIpc) is 2.95. The van der Waals surface area contributed by atoms with E-state index in [1.165, 1.54) is 0 Å². The summed E-state index contributed by atoms with van der Waals surface area (Å²) in [5, 5.41) is 5.17. The lowest BCUT2D eigenvalue weighted by Gasteiger charge is -2.18. The molecule has 1 saturated heterocycles. The van der Waals surface area contributed by atoms with Crippen molar-refractivity contribution in [3.63, 3.8) is 0 Å². The SMILES string of the molecule is CC(Nc1nc2cc(Cl)ccc2s1)C1CCOC1. The van der Waals surface area contributed by atoms with E-state index in [9.17, 15) is 0 Å². The summed E-state index contributed by atoms with van der Waals surface area (Å²) in [6, 6.07) is 6.22. The minimum absolute atomic E-state index is 0.392. The largest absolute Gasteiger partial charge is 0.381 e. The lowest BCUT2D eigenvalue weighted by Crippen LogP contribution is -2.25. The fourth-order valence-corrected chi connectivity index (χ4v) is 3.33. The highest BCUT2D eigenvalue weighted by Crippen LogP contribution is 2.29. The van der Waals surface area contributed by atoms with Gasteiger partial charge < -0.3 is 10.1 Å². The highest BCUT2D eigenvalue weighted by atomic mass is 35.5. The van der Waals surface area contributed by atoms with Crippen molar-refractivity contribution in [2.45, 2.75) is 19.4 Å². The number of benzene rings is 1. The maximum absolute atomic E-state index is 5.96. The number of hydrogen-bond acceptors (Lipinski definition) is 4. The molecule has 5 heteroatoms. The molecule has 18 heavy (non-hydrogen) atoms. The maximum atomic E-state index is 5.96. The van der Waals surface area contributed by atoms with Crippen molar-refractivity contribution >= 4 is 38.3 Å². The lowest BCUT2D eigenvalue weighted by molar-refractivity contribution is 0.183. The van der Waals surface area contributed by atoms with Crippen LogP contribution in [0.15, 0.2) is 18.2 Å². The summed E-state index contributed by atoms with van der Waals surface area (Å²) in [6.45, 7) is 3.93. The van der Waals surface area contributed by atoms with Crippen LogP contribution >= 0.6 is 22.9 Å². The zero-order valence-electron chi connectivity index (χ0n) is 10.1. The van der Waals surface area contributed by atoms with Crippen molar-refractivity contribution in [1.82, 2.24) is 4.98 Å². The Hall–Kier alpha value is -0.840. The molecule has 1 N–H and O–H groups in total. The van der Waals surface area contributed by atoms with Crippen LogP contribution in [0.2, 0.25) is 5.02 Å². The predicted octanol–water partition coefficient (Wildman–Crippen LogP) is 3.79. The van der Waals surface area contributed by atoms with E-state index in [2.05, 4.69) is 17.2 Å². The molecule has 96 valence electrons. The van der Waals surface area contributed by atoms with Gasteiger partial charge in [-0.1, -0.05) is 22.9 Å². The number of rotatable bonds is 3. The number of fused-ring (bicyclic) bond motifs is 1. The van der Waals surface area contributed by atoms with Crippen molar-refractivity contribution < 1.29 is 4.74 Å². The first-order valence-corrected chi connectivity index (χ1v) is 7.32. The van der Waals surface area contributed by atoms with Crippen LogP contribution in [0, 0.1) is 5.92 Å². The van der Waals surface area contributed by atoms with Crippen molar-refractivity contribution in [2.24, 2.45) is 5.92 Å². The third-order valence-corrected chi connectivity index (χ3v) is 4.58.